The van der Waals surface area contributed by atoms with Crippen molar-refractivity contribution in [3.63, 3.8) is 0 Å². The van der Waals surface area contributed by atoms with Gasteiger partial charge >= 0.3 is 0 Å². The highest BCUT2D eigenvalue weighted by Crippen LogP contribution is 2.37. The second-order valence-corrected chi connectivity index (χ2v) is 19.3. The zero-order valence-electron chi connectivity index (χ0n) is 35.8. The molecule has 0 atom stereocenters. The zero-order valence-corrected chi connectivity index (χ0v) is 37.6. The van der Waals surface area contributed by atoms with Gasteiger partial charge in [0.2, 0.25) is 0 Å². The minimum Gasteiger partial charge on any atom is -0.0622 e. The molecule has 0 heterocycles. The van der Waals surface area contributed by atoms with Gasteiger partial charge in [0.1, 0.15) is 0 Å². The highest BCUT2D eigenvalue weighted by molar-refractivity contribution is 7.80. The number of hydrogen-bond acceptors (Lipinski definition) is 0. The lowest BCUT2D eigenvalue weighted by Gasteiger charge is -2.18. The molecular formula is C62H50P2. The first-order chi connectivity index (χ1) is 31.8. The molecule has 0 saturated heterocycles. The van der Waals surface area contributed by atoms with Crippen molar-refractivity contribution in [3.8, 4) is 0 Å². The fraction of sp³-hybridized carbons (Fsp3) is 0. The van der Waals surface area contributed by atoms with Crippen molar-refractivity contribution in [3.05, 3.63) is 326 Å². The predicted octanol–water partition coefficient (Wildman–Crippen LogP) is 13.6. The summed E-state index contributed by atoms with van der Waals surface area (Å²) in [5.41, 5.74) is 7.40. The van der Waals surface area contributed by atoms with Crippen LogP contribution in [0.2, 0.25) is 0 Å². The molecule has 0 N–H and O–H groups in total. The average Bonchev–Trinajstić information content (AvgIpc) is 3.39. The van der Waals surface area contributed by atoms with Gasteiger partial charge in [0.25, 0.3) is 0 Å². The van der Waals surface area contributed by atoms with Crippen LogP contribution in [0.15, 0.2) is 303 Å². The summed E-state index contributed by atoms with van der Waals surface area (Å²) in [6, 6.07) is 107. The van der Waals surface area contributed by atoms with Crippen molar-refractivity contribution in [2.45, 2.75) is 0 Å². The first-order valence-electron chi connectivity index (χ1n) is 21.7. The topological polar surface area (TPSA) is 0 Å². The summed E-state index contributed by atoms with van der Waals surface area (Å²) in [7, 11) is -0.892. The van der Waals surface area contributed by atoms with Crippen molar-refractivity contribution in [2.24, 2.45) is 0 Å². The maximum absolute atomic E-state index is 2.23. The molecule has 0 spiro atoms. The quantitative estimate of drug-likeness (QED) is 0.0949. The van der Waals surface area contributed by atoms with Gasteiger partial charge in [0.15, 0.2) is 0 Å². The molecule has 0 radical (unpaired) electrons. The molecule has 0 amide bonds. The van der Waals surface area contributed by atoms with Gasteiger partial charge in [-0.15, -0.1) is 0 Å². The summed E-state index contributed by atoms with van der Waals surface area (Å²) in [4.78, 5) is 0. The van der Waals surface area contributed by atoms with Crippen molar-refractivity contribution in [1.29, 1.82) is 0 Å². The Balaban J connectivity index is 0.000000134. The zero-order chi connectivity index (χ0) is 43.4. The Hall–Kier alpha value is -7.20. The Bertz CT molecular complexity index is 2380. The van der Waals surface area contributed by atoms with Gasteiger partial charge in [-0.25, -0.2) is 0 Å². The lowest BCUT2D eigenvalue weighted by Crippen LogP contribution is -2.20. The minimum atomic E-state index is -0.446. The van der Waals surface area contributed by atoms with E-state index in [0.29, 0.717) is 0 Å². The summed E-state index contributed by atoms with van der Waals surface area (Å²) in [5.74, 6) is 0. The lowest BCUT2D eigenvalue weighted by molar-refractivity contribution is 1.50. The Morgan fingerprint density at radius 2 is 0.281 bits per heavy atom. The average molecular weight is 857 g/mol. The molecule has 0 aliphatic rings. The van der Waals surface area contributed by atoms with Gasteiger partial charge in [-0.05, 0) is 81.1 Å². The van der Waals surface area contributed by atoms with Crippen LogP contribution in [0, 0.1) is 0 Å². The van der Waals surface area contributed by atoms with Gasteiger partial charge in [0.05, 0.1) is 0 Å². The van der Waals surface area contributed by atoms with E-state index in [9.17, 15) is 0 Å². The van der Waals surface area contributed by atoms with E-state index in [0.717, 1.165) is 0 Å². The van der Waals surface area contributed by atoms with Gasteiger partial charge in [-0.3, -0.25) is 0 Å². The maximum atomic E-state index is 2.23. The molecule has 0 unspecified atom stereocenters. The van der Waals surface area contributed by atoms with Gasteiger partial charge in [0, 0.05) is 0 Å². The van der Waals surface area contributed by atoms with Crippen LogP contribution in [-0.4, -0.2) is 0 Å². The highest BCUT2D eigenvalue weighted by atomic mass is 31.1. The fourth-order valence-electron chi connectivity index (χ4n) is 7.69. The molecule has 2 heteroatoms. The van der Waals surface area contributed by atoms with Crippen LogP contribution in [0.1, 0.15) is 22.3 Å². The second-order valence-electron chi connectivity index (χ2n) is 14.9. The molecule has 0 fully saturated rings. The van der Waals surface area contributed by atoms with E-state index in [2.05, 4.69) is 303 Å². The minimum absolute atomic E-state index is 0.446. The predicted molar refractivity (Wildman–Crippen MR) is 281 cm³/mol. The Morgan fingerprint density at radius 3 is 0.422 bits per heavy atom. The molecule has 308 valence electrons. The summed E-state index contributed by atoms with van der Waals surface area (Å²) in [5, 5.41) is 8.39. The van der Waals surface area contributed by atoms with E-state index in [1.54, 1.807) is 0 Å². The molecule has 0 nitrogen and oxygen atoms in total. The summed E-state index contributed by atoms with van der Waals surface area (Å²) >= 11 is 0. The van der Waals surface area contributed by atoms with E-state index in [1.165, 1.54) is 65.2 Å². The van der Waals surface area contributed by atoms with Crippen molar-refractivity contribution < 1.29 is 0 Å². The summed E-state index contributed by atoms with van der Waals surface area (Å²) < 4.78 is 0. The largest absolute Gasteiger partial charge is 0.0622 e. The fourth-order valence-corrected chi connectivity index (χ4v) is 12.3. The van der Waals surface area contributed by atoms with Crippen LogP contribution in [0.4, 0.5) is 0 Å². The third kappa shape index (κ3) is 11.6. The van der Waals surface area contributed by atoms with E-state index in [-0.39, 0.29) is 0 Å². The molecule has 10 aromatic rings. The van der Waals surface area contributed by atoms with Gasteiger partial charge in [-0.2, -0.15) is 0 Å². The molecule has 0 aromatic heterocycles. The van der Waals surface area contributed by atoms with E-state index in [1.807, 2.05) is 0 Å². The maximum Gasteiger partial charge on any atom is -0.00268 e. The smallest absolute Gasteiger partial charge is 0.00268 e. The molecule has 0 bridgehead atoms. The number of hydrogen-bond donors (Lipinski definition) is 0. The van der Waals surface area contributed by atoms with E-state index >= 15 is 0 Å². The SMILES string of the molecule is c1ccc(C(=C(c2ccccc2)c2ccccc2)c2ccccc2)cc1.c1ccc(P(c2ccccc2)c2ccccc2)cc1.c1ccc(P(c2ccccc2)c2ccccc2)cc1. The van der Waals surface area contributed by atoms with Crippen LogP contribution < -0.4 is 31.8 Å². The van der Waals surface area contributed by atoms with Gasteiger partial charge in [-0.1, -0.05) is 303 Å². The first-order valence-corrected chi connectivity index (χ1v) is 24.4. The Morgan fingerprint density at radius 1 is 0.156 bits per heavy atom. The normalized spacial score (nSPS) is 10.5. The monoisotopic (exact) mass is 856 g/mol. The van der Waals surface area contributed by atoms with Crippen LogP contribution in [0.3, 0.4) is 0 Å². The molecule has 0 aliphatic carbocycles. The van der Waals surface area contributed by atoms with Crippen molar-refractivity contribution in [2.75, 3.05) is 0 Å². The van der Waals surface area contributed by atoms with Crippen LogP contribution in [0.25, 0.3) is 11.1 Å². The standard InChI is InChI=1S/C26H20.2C18H15P/c1-5-13-21(14-6-1)25(22-15-7-2-8-16-22)26(23-17-9-3-10-18-23)24-19-11-4-12-20-24;2*1-4-10-16(11-5-1)19(17-12-6-2-7-13-17)18-14-8-3-9-15-18/h1-20H;2*1-15H. The summed E-state index contributed by atoms with van der Waals surface area (Å²) in [6.07, 6.45) is 0. The third-order valence-corrected chi connectivity index (χ3v) is 15.5. The molecule has 10 aromatic carbocycles. The van der Waals surface area contributed by atoms with Crippen LogP contribution >= 0.6 is 15.8 Å². The first kappa shape index (κ1) is 43.4. The van der Waals surface area contributed by atoms with Crippen molar-refractivity contribution >= 4 is 58.8 Å². The molecule has 0 saturated carbocycles. The van der Waals surface area contributed by atoms with Crippen LogP contribution in [0.5, 0.6) is 0 Å². The third-order valence-electron chi connectivity index (χ3n) is 10.6. The Kier molecular flexibility index (Phi) is 15.8. The molecule has 64 heavy (non-hydrogen) atoms. The molecular weight excluding hydrogens is 807 g/mol. The molecule has 0 aliphatic heterocycles. The molecule has 10 rings (SSSR count). The van der Waals surface area contributed by atoms with E-state index in [4.69, 9.17) is 0 Å². The van der Waals surface area contributed by atoms with Crippen LogP contribution in [-0.2, 0) is 0 Å². The van der Waals surface area contributed by atoms with Crippen molar-refractivity contribution in [1.82, 2.24) is 0 Å². The second kappa shape index (κ2) is 23.3. The summed E-state index contributed by atoms with van der Waals surface area (Å²) in [6.45, 7) is 0. The number of benzene rings is 10. The van der Waals surface area contributed by atoms with E-state index < -0.39 is 15.8 Å². The van der Waals surface area contributed by atoms with Gasteiger partial charge < -0.3 is 0 Å². The number of rotatable bonds is 10. The lowest BCUT2D eigenvalue weighted by atomic mass is 9.86. The highest BCUT2D eigenvalue weighted by Gasteiger charge is 2.17. The Labute approximate surface area is 382 Å².